The number of amides is 1. The Morgan fingerprint density at radius 2 is 2.12 bits per heavy atom. The first kappa shape index (κ1) is 20.4. The van der Waals surface area contributed by atoms with Crippen LogP contribution in [0.1, 0.15) is 5.56 Å². The van der Waals surface area contributed by atoms with Gasteiger partial charge in [-0.25, -0.2) is 0 Å². The lowest BCUT2D eigenvalue weighted by molar-refractivity contribution is -0.885. The number of halogens is 1. The molecule has 2 aromatic carbocycles. The van der Waals surface area contributed by atoms with Crippen LogP contribution in [0.5, 0.6) is 5.75 Å². The highest BCUT2D eigenvalue weighted by atomic mass is 35.5. The van der Waals surface area contributed by atoms with Crippen molar-refractivity contribution in [2.75, 3.05) is 31.8 Å². The summed E-state index contributed by atoms with van der Waals surface area (Å²) in [5.41, 5.74) is 1.81. The quantitative estimate of drug-likeness (QED) is 0.509. The Bertz CT molecular complexity index is 767. The summed E-state index contributed by atoms with van der Waals surface area (Å²) in [6, 6.07) is 13.3. The lowest BCUT2D eigenvalue weighted by Crippen LogP contribution is -3.08. The maximum Gasteiger partial charge on any atom is 0.279 e. The van der Waals surface area contributed by atoms with Crippen molar-refractivity contribution in [2.24, 2.45) is 0 Å². The summed E-state index contributed by atoms with van der Waals surface area (Å²) >= 11 is 7.72. The zero-order valence-corrected chi connectivity index (χ0v) is 16.6. The van der Waals surface area contributed by atoms with Crippen molar-refractivity contribution in [3.05, 3.63) is 65.7 Å². The van der Waals surface area contributed by atoms with E-state index in [9.17, 15) is 4.79 Å². The van der Waals surface area contributed by atoms with Gasteiger partial charge in [0, 0.05) is 21.2 Å². The molecule has 0 spiro atoms. The van der Waals surface area contributed by atoms with Crippen LogP contribution in [0.25, 0.3) is 0 Å². The fraction of sp³-hybridized carbons (Fsp3) is 0.250. The molecule has 0 aromatic heterocycles. The SMILES string of the molecule is C=CCSc1ccccc1NC(=O)C[NH+](C)Cc1cc(Cl)ccc1OC. The zero-order chi connectivity index (χ0) is 18.9. The number of carbonyl (C=O) groups excluding carboxylic acids is 1. The topological polar surface area (TPSA) is 42.8 Å². The number of benzene rings is 2. The van der Waals surface area contributed by atoms with Crippen molar-refractivity contribution < 1.29 is 14.4 Å². The second-order valence-corrected chi connectivity index (χ2v) is 7.41. The van der Waals surface area contributed by atoms with E-state index in [2.05, 4.69) is 11.9 Å². The Balaban J connectivity index is 1.98. The van der Waals surface area contributed by atoms with E-state index in [1.165, 1.54) is 0 Å². The van der Waals surface area contributed by atoms with Gasteiger partial charge in [0.1, 0.15) is 12.3 Å². The van der Waals surface area contributed by atoms with Gasteiger partial charge in [-0.1, -0.05) is 29.8 Å². The third kappa shape index (κ3) is 6.09. The third-order valence-corrected chi connectivity index (χ3v) is 5.02. The summed E-state index contributed by atoms with van der Waals surface area (Å²) < 4.78 is 5.37. The monoisotopic (exact) mass is 391 g/mol. The predicted octanol–water partition coefficient (Wildman–Crippen LogP) is 3.28. The summed E-state index contributed by atoms with van der Waals surface area (Å²) in [6.07, 6.45) is 1.85. The van der Waals surface area contributed by atoms with Crippen molar-refractivity contribution in [1.82, 2.24) is 0 Å². The number of rotatable bonds is 9. The minimum Gasteiger partial charge on any atom is -0.496 e. The van der Waals surface area contributed by atoms with Gasteiger partial charge in [-0.05, 0) is 30.3 Å². The maximum atomic E-state index is 12.4. The van der Waals surface area contributed by atoms with Crippen LogP contribution in [0.4, 0.5) is 5.69 Å². The molecule has 2 aromatic rings. The number of likely N-dealkylation sites (N-methyl/N-ethyl adjacent to an activating group) is 1. The normalized spacial score (nSPS) is 11.7. The smallest absolute Gasteiger partial charge is 0.279 e. The number of hydrogen-bond donors (Lipinski definition) is 2. The fourth-order valence-corrected chi connectivity index (χ4v) is 3.53. The summed E-state index contributed by atoms with van der Waals surface area (Å²) in [4.78, 5) is 14.5. The van der Waals surface area contributed by atoms with Crippen LogP contribution in [0.15, 0.2) is 60.0 Å². The average molecular weight is 392 g/mol. The molecule has 26 heavy (non-hydrogen) atoms. The van der Waals surface area contributed by atoms with E-state index in [1.807, 2.05) is 49.5 Å². The minimum atomic E-state index is -0.0323. The van der Waals surface area contributed by atoms with E-state index in [1.54, 1.807) is 24.9 Å². The molecule has 0 saturated carbocycles. The van der Waals surface area contributed by atoms with Crippen LogP contribution in [0, 0.1) is 0 Å². The van der Waals surface area contributed by atoms with Gasteiger partial charge in [0.2, 0.25) is 0 Å². The molecule has 138 valence electrons. The standard InChI is InChI=1S/C20H23ClN2O2S/c1-4-11-26-19-8-6-5-7-17(19)22-20(24)14-23(2)13-15-12-16(21)9-10-18(15)25-3/h4-10,12H,1,11,13-14H2,2-3H3,(H,22,24)/p+1. The van der Waals surface area contributed by atoms with Gasteiger partial charge in [-0.3, -0.25) is 4.79 Å². The van der Waals surface area contributed by atoms with E-state index in [4.69, 9.17) is 16.3 Å². The summed E-state index contributed by atoms with van der Waals surface area (Å²) in [6.45, 7) is 4.72. The zero-order valence-electron chi connectivity index (χ0n) is 15.0. The molecule has 2 N–H and O–H groups in total. The third-order valence-electron chi connectivity index (χ3n) is 3.71. The Kier molecular flexibility index (Phi) is 8.04. The molecule has 0 aliphatic rings. The van der Waals surface area contributed by atoms with Crippen molar-refractivity contribution in [3.63, 3.8) is 0 Å². The number of ether oxygens (including phenoxy) is 1. The fourth-order valence-electron chi connectivity index (χ4n) is 2.59. The van der Waals surface area contributed by atoms with Gasteiger partial charge in [0.15, 0.2) is 6.54 Å². The Labute approximate surface area is 164 Å². The number of carbonyl (C=O) groups is 1. The second kappa shape index (κ2) is 10.3. The number of para-hydroxylation sites is 1. The highest BCUT2D eigenvalue weighted by Gasteiger charge is 2.15. The first-order chi connectivity index (χ1) is 12.5. The van der Waals surface area contributed by atoms with Crippen molar-refractivity contribution in [3.8, 4) is 5.75 Å². The highest BCUT2D eigenvalue weighted by Crippen LogP contribution is 2.26. The largest absolute Gasteiger partial charge is 0.496 e. The second-order valence-electron chi connectivity index (χ2n) is 5.91. The van der Waals surface area contributed by atoms with Gasteiger partial charge in [-0.2, -0.15) is 0 Å². The van der Waals surface area contributed by atoms with Gasteiger partial charge >= 0.3 is 0 Å². The van der Waals surface area contributed by atoms with E-state index in [0.29, 0.717) is 18.1 Å². The molecule has 6 heteroatoms. The van der Waals surface area contributed by atoms with Crippen LogP contribution in [-0.4, -0.2) is 32.4 Å². The van der Waals surface area contributed by atoms with E-state index in [0.717, 1.165) is 32.5 Å². The van der Waals surface area contributed by atoms with Crippen molar-refractivity contribution >= 4 is 35.0 Å². The average Bonchev–Trinajstić information content (AvgIpc) is 2.61. The van der Waals surface area contributed by atoms with Crippen LogP contribution >= 0.6 is 23.4 Å². The van der Waals surface area contributed by atoms with Gasteiger partial charge in [0.25, 0.3) is 5.91 Å². The maximum absolute atomic E-state index is 12.4. The number of anilines is 1. The molecule has 0 saturated heterocycles. The van der Waals surface area contributed by atoms with Crippen molar-refractivity contribution in [1.29, 1.82) is 0 Å². The minimum absolute atomic E-state index is 0.0323. The molecular formula is C20H24ClN2O2S+. The molecule has 0 fully saturated rings. The molecule has 0 heterocycles. The number of hydrogen-bond acceptors (Lipinski definition) is 3. The molecular weight excluding hydrogens is 368 g/mol. The summed E-state index contributed by atoms with van der Waals surface area (Å²) in [5.74, 6) is 1.54. The van der Waals surface area contributed by atoms with Crippen LogP contribution < -0.4 is 15.0 Å². The van der Waals surface area contributed by atoms with E-state index < -0.39 is 0 Å². The first-order valence-electron chi connectivity index (χ1n) is 8.29. The van der Waals surface area contributed by atoms with Crippen molar-refractivity contribution in [2.45, 2.75) is 11.4 Å². The molecule has 2 rings (SSSR count). The molecule has 1 unspecified atom stereocenters. The Hall–Kier alpha value is -1.95. The molecule has 0 aliphatic heterocycles. The van der Waals surface area contributed by atoms with Crippen LogP contribution in [0.2, 0.25) is 5.02 Å². The van der Waals surface area contributed by atoms with E-state index in [-0.39, 0.29) is 5.91 Å². The van der Waals surface area contributed by atoms with Gasteiger partial charge < -0.3 is 15.0 Å². The summed E-state index contributed by atoms with van der Waals surface area (Å²) in [7, 11) is 3.60. The number of thioether (sulfide) groups is 1. The molecule has 0 radical (unpaired) electrons. The molecule has 0 aliphatic carbocycles. The number of quaternary nitrogens is 1. The van der Waals surface area contributed by atoms with Crippen LogP contribution in [0.3, 0.4) is 0 Å². The molecule has 1 atom stereocenters. The molecule has 0 bridgehead atoms. The van der Waals surface area contributed by atoms with E-state index >= 15 is 0 Å². The number of nitrogens with one attached hydrogen (secondary N) is 2. The lowest BCUT2D eigenvalue weighted by Gasteiger charge is -2.16. The Morgan fingerprint density at radius 3 is 2.85 bits per heavy atom. The molecule has 1 amide bonds. The summed E-state index contributed by atoms with van der Waals surface area (Å²) in [5, 5.41) is 3.66. The van der Waals surface area contributed by atoms with Crippen LogP contribution in [-0.2, 0) is 11.3 Å². The predicted molar refractivity (Wildman–Crippen MR) is 109 cm³/mol. The highest BCUT2D eigenvalue weighted by molar-refractivity contribution is 7.99. The van der Waals surface area contributed by atoms with Gasteiger partial charge in [0.05, 0.1) is 19.8 Å². The first-order valence-corrected chi connectivity index (χ1v) is 9.66. The Morgan fingerprint density at radius 1 is 1.35 bits per heavy atom. The number of methoxy groups -OCH3 is 1. The lowest BCUT2D eigenvalue weighted by atomic mass is 10.2. The van der Waals surface area contributed by atoms with Gasteiger partial charge in [-0.15, -0.1) is 18.3 Å². The molecule has 4 nitrogen and oxygen atoms in total.